The summed E-state index contributed by atoms with van der Waals surface area (Å²) < 4.78 is 5.31. The van der Waals surface area contributed by atoms with Gasteiger partial charge in [0.15, 0.2) is 6.61 Å². The van der Waals surface area contributed by atoms with Gasteiger partial charge in [0.1, 0.15) is 5.75 Å². The zero-order valence-electron chi connectivity index (χ0n) is 12.3. The second-order valence-electron chi connectivity index (χ2n) is 4.21. The number of benzene rings is 1. The molecule has 112 valence electrons. The molecule has 1 aromatic rings. The normalized spacial score (nSPS) is 10.8. The SMILES string of the molecule is C/C=C/C=C/C(=O)NNC(=O)COc1ccc(CC)cc1. The molecule has 5 heteroatoms. The summed E-state index contributed by atoms with van der Waals surface area (Å²) in [7, 11) is 0. The van der Waals surface area contributed by atoms with Crippen molar-refractivity contribution in [2.75, 3.05) is 6.61 Å². The van der Waals surface area contributed by atoms with Gasteiger partial charge in [0.2, 0.25) is 0 Å². The van der Waals surface area contributed by atoms with E-state index in [-0.39, 0.29) is 6.61 Å². The predicted octanol–water partition coefficient (Wildman–Crippen LogP) is 1.91. The summed E-state index contributed by atoms with van der Waals surface area (Å²) in [6, 6.07) is 7.51. The van der Waals surface area contributed by atoms with Crippen molar-refractivity contribution in [3.63, 3.8) is 0 Å². The average Bonchev–Trinajstić information content (AvgIpc) is 2.51. The lowest BCUT2D eigenvalue weighted by Gasteiger charge is -2.08. The monoisotopic (exact) mass is 288 g/mol. The molecule has 5 nitrogen and oxygen atoms in total. The third kappa shape index (κ3) is 6.96. The average molecular weight is 288 g/mol. The Morgan fingerprint density at radius 3 is 2.48 bits per heavy atom. The van der Waals surface area contributed by atoms with Gasteiger partial charge in [0.05, 0.1) is 0 Å². The van der Waals surface area contributed by atoms with Crippen LogP contribution in [-0.2, 0) is 16.0 Å². The molecule has 0 aliphatic heterocycles. The van der Waals surface area contributed by atoms with E-state index in [1.54, 1.807) is 18.2 Å². The van der Waals surface area contributed by atoms with Crippen LogP contribution in [0.2, 0.25) is 0 Å². The van der Waals surface area contributed by atoms with Gasteiger partial charge in [0.25, 0.3) is 11.8 Å². The molecule has 0 aromatic heterocycles. The summed E-state index contributed by atoms with van der Waals surface area (Å²) in [5.74, 6) is -0.224. The molecule has 2 N–H and O–H groups in total. The maximum absolute atomic E-state index is 11.5. The fraction of sp³-hybridized carbons (Fsp3) is 0.250. The summed E-state index contributed by atoms with van der Waals surface area (Å²) >= 11 is 0. The zero-order valence-corrected chi connectivity index (χ0v) is 12.3. The largest absolute Gasteiger partial charge is 0.484 e. The number of nitrogens with one attached hydrogen (secondary N) is 2. The Kier molecular flexibility index (Phi) is 7.35. The van der Waals surface area contributed by atoms with Crippen LogP contribution in [-0.4, -0.2) is 18.4 Å². The Bertz CT molecular complexity index is 519. The zero-order chi connectivity index (χ0) is 15.5. The van der Waals surface area contributed by atoms with E-state index in [9.17, 15) is 9.59 Å². The highest BCUT2D eigenvalue weighted by Gasteiger charge is 2.03. The van der Waals surface area contributed by atoms with Gasteiger partial charge in [-0.1, -0.05) is 37.3 Å². The molecule has 0 atom stereocenters. The molecule has 21 heavy (non-hydrogen) atoms. The highest BCUT2D eigenvalue weighted by molar-refractivity contribution is 5.90. The Morgan fingerprint density at radius 1 is 1.14 bits per heavy atom. The number of hydrogen-bond donors (Lipinski definition) is 2. The molecular formula is C16H20N2O3. The lowest BCUT2D eigenvalue weighted by molar-refractivity contribution is -0.128. The van der Waals surface area contributed by atoms with Crippen molar-refractivity contribution < 1.29 is 14.3 Å². The van der Waals surface area contributed by atoms with Gasteiger partial charge in [-0.05, 0) is 31.0 Å². The maximum Gasteiger partial charge on any atom is 0.276 e. The van der Waals surface area contributed by atoms with Crippen molar-refractivity contribution in [1.82, 2.24) is 10.9 Å². The van der Waals surface area contributed by atoms with Gasteiger partial charge in [-0.3, -0.25) is 20.4 Å². The number of aryl methyl sites for hydroxylation is 1. The van der Waals surface area contributed by atoms with E-state index < -0.39 is 11.8 Å². The van der Waals surface area contributed by atoms with Crippen LogP contribution >= 0.6 is 0 Å². The molecule has 0 bridgehead atoms. The van der Waals surface area contributed by atoms with Crippen LogP contribution in [0.4, 0.5) is 0 Å². The van der Waals surface area contributed by atoms with Crippen LogP contribution in [0.5, 0.6) is 5.75 Å². The first-order chi connectivity index (χ1) is 10.2. The molecule has 0 aliphatic carbocycles. The Balaban J connectivity index is 2.28. The quantitative estimate of drug-likeness (QED) is 0.477. The number of carbonyl (C=O) groups is 2. The van der Waals surface area contributed by atoms with E-state index in [0.717, 1.165) is 6.42 Å². The topological polar surface area (TPSA) is 67.4 Å². The second-order valence-corrected chi connectivity index (χ2v) is 4.21. The molecular weight excluding hydrogens is 268 g/mol. The van der Waals surface area contributed by atoms with Crippen LogP contribution < -0.4 is 15.6 Å². The molecule has 0 saturated heterocycles. The number of ether oxygens (including phenoxy) is 1. The minimum Gasteiger partial charge on any atom is -0.484 e. The lowest BCUT2D eigenvalue weighted by Crippen LogP contribution is -2.43. The van der Waals surface area contributed by atoms with Crippen molar-refractivity contribution in [1.29, 1.82) is 0 Å². The molecule has 0 radical (unpaired) electrons. The maximum atomic E-state index is 11.5. The Hall–Kier alpha value is -2.56. The molecule has 0 saturated carbocycles. The molecule has 1 aromatic carbocycles. The highest BCUT2D eigenvalue weighted by Crippen LogP contribution is 2.12. The molecule has 0 spiro atoms. The summed E-state index contributed by atoms with van der Waals surface area (Å²) in [5, 5.41) is 0. The first-order valence-corrected chi connectivity index (χ1v) is 6.75. The summed E-state index contributed by atoms with van der Waals surface area (Å²) in [4.78, 5) is 22.8. The summed E-state index contributed by atoms with van der Waals surface area (Å²) in [5.41, 5.74) is 5.72. The molecule has 2 amide bonds. The van der Waals surface area contributed by atoms with Gasteiger partial charge in [-0.15, -0.1) is 0 Å². The number of hydrogen-bond acceptors (Lipinski definition) is 3. The van der Waals surface area contributed by atoms with Crippen LogP contribution in [0.1, 0.15) is 19.4 Å². The van der Waals surface area contributed by atoms with Gasteiger partial charge >= 0.3 is 0 Å². The minimum absolute atomic E-state index is 0.162. The van der Waals surface area contributed by atoms with Crippen molar-refractivity contribution >= 4 is 11.8 Å². The third-order valence-electron chi connectivity index (χ3n) is 2.58. The van der Waals surface area contributed by atoms with Crippen LogP contribution in [0.3, 0.4) is 0 Å². The van der Waals surface area contributed by atoms with Gasteiger partial charge in [-0.2, -0.15) is 0 Å². The van der Waals surface area contributed by atoms with E-state index in [0.29, 0.717) is 5.75 Å². The van der Waals surface area contributed by atoms with Crippen LogP contribution in [0.15, 0.2) is 48.6 Å². The summed E-state index contributed by atoms with van der Waals surface area (Å²) in [6.45, 7) is 3.75. The number of hydrazine groups is 1. The van der Waals surface area contributed by atoms with Crippen molar-refractivity contribution in [2.45, 2.75) is 20.3 Å². The number of carbonyl (C=O) groups excluding carboxylic acids is 2. The third-order valence-corrected chi connectivity index (χ3v) is 2.58. The van der Waals surface area contributed by atoms with Crippen molar-refractivity contribution in [3.8, 4) is 5.75 Å². The predicted molar refractivity (Wildman–Crippen MR) is 81.6 cm³/mol. The van der Waals surface area contributed by atoms with Gasteiger partial charge < -0.3 is 4.74 Å². The molecule has 0 heterocycles. The van der Waals surface area contributed by atoms with Crippen molar-refractivity contribution in [2.24, 2.45) is 0 Å². The first-order valence-electron chi connectivity index (χ1n) is 6.75. The van der Waals surface area contributed by atoms with Crippen LogP contribution in [0, 0.1) is 0 Å². The van der Waals surface area contributed by atoms with Crippen LogP contribution in [0.25, 0.3) is 0 Å². The first kappa shape index (κ1) is 16.5. The molecule has 0 unspecified atom stereocenters. The van der Waals surface area contributed by atoms with E-state index in [1.165, 1.54) is 11.6 Å². The Labute approximate surface area is 124 Å². The Morgan fingerprint density at radius 2 is 1.86 bits per heavy atom. The van der Waals surface area contributed by atoms with E-state index >= 15 is 0 Å². The van der Waals surface area contributed by atoms with E-state index in [4.69, 9.17) is 4.74 Å². The second kappa shape index (κ2) is 9.36. The van der Waals surface area contributed by atoms with Crippen molar-refractivity contribution in [3.05, 3.63) is 54.1 Å². The van der Waals surface area contributed by atoms with Gasteiger partial charge in [0, 0.05) is 6.08 Å². The number of rotatable bonds is 6. The fourth-order valence-corrected chi connectivity index (χ4v) is 1.43. The summed E-state index contributed by atoms with van der Waals surface area (Å²) in [6.07, 6.45) is 7.34. The minimum atomic E-state index is -0.428. The van der Waals surface area contributed by atoms with E-state index in [2.05, 4.69) is 17.8 Å². The molecule has 0 aliphatic rings. The highest BCUT2D eigenvalue weighted by atomic mass is 16.5. The lowest BCUT2D eigenvalue weighted by atomic mass is 10.2. The molecule has 0 fully saturated rings. The standard InChI is InChI=1S/C16H20N2O3/c1-3-5-6-7-15(19)17-18-16(20)12-21-14-10-8-13(4-2)9-11-14/h3,5-11H,4,12H2,1-2H3,(H,17,19)(H,18,20)/b5-3+,7-6+. The fourth-order valence-electron chi connectivity index (χ4n) is 1.43. The van der Waals surface area contributed by atoms with E-state index in [1.807, 2.05) is 31.2 Å². The number of amides is 2. The van der Waals surface area contributed by atoms with Gasteiger partial charge in [-0.25, -0.2) is 0 Å². The smallest absolute Gasteiger partial charge is 0.276 e. The molecule has 1 rings (SSSR count). The number of allylic oxidation sites excluding steroid dienone is 3.